The molecule has 1 heterocycles. The van der Waals surface area contributed by atoms with Crippen LogP contribution in [0.1, 0.15) is 12.5 Å². The van der Waals surface area contributed by atoms with Gasteiger partial charge in [0.15, 0.2) is 5.82 Å². The summed E-state index contributed by atoms with van der Waals surface area (Å²) < 4.78 is 30.2. The van der Waals surface area contributed by atoms with E-state index in [1.807, 2.05) is 30.3 Å². The zero-order chi connectivity index (χ0) is 21.7. The van der Waals surface area contributed by atoms with Crippen LogP contribution in [0.15, 0.2) is 59.8 Å². The highest BCUT2D eigenvalue weighted by Crippen LogP contribution is 2.27. The molecule has 158 valence electrons. The summed E-state index contributed by atoms with van der Waals surface area (Å²) in [4.78, 5) is 14.3. The second kappa shape index (κ2) is 9.57. The number of nitrogens with two attached hydrogens (primary N) is 1. The number of aromatic nitrogens is 3. The van der Waals surface area contributed by atoms with Crippen molar-refractivity contribution in [2.75, 3.05) is 12.9 Å². The van der Waals surface area contributed by atoms with Crippen LogP contribution < -0.4 is 10.6 Å². The van der Waals surface area contributed by atoms with E-state index in [1.165, 1.54) is 28.6 Å². The molecule has 2 N–H and O–H groups in total. The lowest BCUT2D eigenvalue weighted by Crippen LogP contribution is -2.33. The number of hydrogen-bond donors (Lipinski definition) is 1. The number of nitrogen functional groups attached to an aromatic ring is 1. The quantitative estimate of drug-likeness (QED) is 0.433. The molecule has 0 aliphatic carbocycles. The van der Waals surface area contributed by atoms with Crippen LogP contribution in [0.4, 0.5) is 8.78 Å². The zero-order valence-electron chi connectivity index (χ0n) is 16.4. The molecule has 1 amide bonds. The second-order valence-electron chi connectivity index (χ2n) is 6.52. The molecule has 0 radical (unpaired) electrons. The van der Waals surface area contributed by atoms with Crippen molar-refractivity contribution < 1.29 is 18.3 Å². The number of thioether (sulfide) groups is 1. The Morgan fingerprint density at radius 2 is 1.83 bits per heavy atom. The highest BCUT2D eigenvalue weighted by molar-refractivity contribution is 8.00. The lowest BCUT2D eigenvalue weighted by molar-refractivity contribution is -0.129. The van der Waals surface area contributed by atoms with Crippen LogP contribution in [0.25, 0.3) is 11.4 Å². The number of benzene rings is 2. The molecule has 0 spiro atoms. The number of hydrogen-bond acceptors (Lipinski definition) is 6. The number of carbonyl (C=O) groups is 1. The molecule has 0 aliphatic heterocycles. The van der Waals surface area contributed by atoms with E-state index in [-0.39, 0.29) is 11.7 Å². The number of halogens is 2. The Kier molecular flexibility index (Phi) is 6.88. The summed E-state index contributed by atoms with van der Waals surface area (Å²) in [6.07, 6.45) is 0. The van der Waals surface area contributed by atoms with Crippen molar-refractivity contribution in [3.05, 3.63) is 60.2 Å². The van der Waals surface area contributed by atoms with E-state index >= 15 is 0 Å². The fourth-order valence-corrected chi connectivity index (χ4v) is 3.68. The van der Waals surface area contributed by atoms with Crippen LogP contribution >= 0.6 is 11.8 Å². The zero-order valence-corrected chi connectivity index (χ0v) is 17.2. The maximum absolute atomic E-state index is 12.7. The van der Waals surface area contributed by atoms with Crippen molar-refractivity contribution in [2.45, 2.75) is 30.5 Å². The fourth-order valence-electron chi connectivity index (χ4n) is 2.79. The summed E-state index contributed by atoms with van der Waals surface area (Å²) in [7, 11) is 1.74. The normalized spacial score (nSPS) is 12.0. The molecule has 7 nitrogen and oxygen atoms in total. The number of rotatable bonds is 8. The van der Waals surface area contributed by atoms with E-state index < -0.39 is 11.9 Å². The molecule has 0 fully saturated rings. The predicted molar refractivity (Wildman–Crippen MR) is 110 cm³/mol. The first-order chi connectivity index (χ1) is 14.3. The highest BCUT2D eigenvalue weighted by atomic mass is 32.2. The van der Waals surface area contributed by atoms with Gasteiger partial charge in [-0.1, -0.05) is 42.1 Å². The number of amides is 1. The summed E-state index contributed by atoms with van der Waals surface area (Å²) in [5.41, 5.74) is 1.62. The molecular weight excluding hydrogens is 412 g/mol. The average Bonchev–Trinajstić information content (AvgIpc) is 3.08. The SMILES string of the molecule is CC(Sc1nnc(-c2ccc(OC(F)F)cc2)n1N)C(=O)N(C)Cc1ccccc1. The lowest BCUT2D eigenvalue weighted by atomic mass is 10.2. The van der Waals surface area contributed by atoms with Crippen LogP contribution in [-0.2, 0) is 11.3 Å². The first kappa shape index (κ1) is 21.6. The van der Waals surface area contributed by atoms with Gasteiger partial charge in [0.2, 0.25) is 11.1 Å². The van der Waals surface area contributed by atoms with Gasteiger partial charge in [-0.3, -0.25) is 4.79 Å². The Balaban J connectivity index is 1.66. The fraction of sp³-hybridized carbons (Fsp3) is 0.250. The molecule has 0 bridgehead atoms. The number of carbonyl (C=O) groups excluding carboxylic acids is 1. The average molecular weight is 433 g/mol. The van der Waals surface area contributed by atoms with Crippen molar-refractivity contribution in [3.63, 3.8) is 0 Å². The summed E-state index contributed by atoms with van der Waals surface area (Å²) in [6, 6.07) is 15.6. The highest BCUT2D eigenvalue weighted by Gasteiger charge is 2.22. The molecule has 30 heavy (non-hydrogen) atoms. The van der Waals surface area contributed by atoms with E-state index in [0.29, 0.717) is 23.1 Å². The van der Waals surface area contributed by atoms with Crippen molar-refractivity contribution >= 4 is 17.7 Å². The Morgan fingerprint density at radius 3 is 2.47 bits per heavy atom. The van der Waals surface area contributed by atoms with Crippen LogP contribution in [0, 0.1) is 0 Å². The van der Waals surface area contributed by atoms with Crippen molar-refractivity contribution in [1.82, 2.24) is 19.8 Å². The number of nitrogens with zero attached hydrogens (tertiary/aromatic N) is 4. The monoisotopic (exact) mass is 433 g/mol. The molecule has 0 saturated heterocycles. The Hall–Kier alpha value is -3.14. The summed E-state index contributed by atoms with van der Waals surface area (Å²) in [5, 5.41) is 8.05. The van der Waals surface area contributed by atoms with Gasteiger partial charge in [-0.05, 0) is 36.8 Å². The molecule has 2 aromatic carbocycles. The van der Waals surface area contributed by atoms with Gasteiger partial charge in [0.25, 0.3) is 0 Å². The van der Waals surface area contributed by atoms with Gasteiger partial charge in [0.05, 0.1) is 5.25 Å². The maximum Gasteiger partial charge on any atom is 0.387 e. The van der Waals surface area contributed by atoms with Crippen molar-refractivity contribution in [1.29, 1.82) is 0 Å². The molecular formula is C20H21F2N5O2S. The van der Waals surface area contributed by atoms with E-state index in [4.69, 9.17) is 5.84 Å². The van der Waals surface area contributed by atoms with E-state index in [2.05, 4.69) is 14.9 Å². The van der Waals surface area contributed by atoms with Gasteiger partial charge in [-0.25, -0.2) is 4.68 Å². The second-order valence-corrected chi connectivity index (χ2v) is 7.83. The maximum atomic E-state index is 12.7. The van der Waals surface area contributed by atoms with Crippen LogP contribution in [0.2, 0.25) is 0 Å². The standard InChI is InChI=1S/C20H21F2N5O2S/c1-13(18(28)26(2)12-14-6-4-3-5-7-14)30-20-25-24-17(27(20)23)15-8-10-16(11-9-15)29-19(21)22/h3-11,13,19H,12,23H2,1-2H3. The molecule has 1 unspecified atom stereocenters. The van der Waals surface area contributed by atoms with Gasteiger partial charge >= 0.3 is 6.61 Å². The molecule has 1 atom stereocenters. The minimum absolute atomic E-state index is 0.0344. The van der Waals surface area contributed by atoms with Gasteiger partial charge in [-0.15, -0.1) is 10.2 Å². The van der Waals surface area contributed by atoms with Gasteiger partial charge in [-0.2, -0.15) is 8.78 Å². The minimum Gasteiger partial charge on any atom is -0.435 e. The molecule has 0 saturated carbocycles. The van der Waals surface area contributed by atoms with Gasteiger partial charge in [0, 0.05) is 19.2 Å². The first-order valence-corrected chi connectivity index (χ1v) is 9.94. The van der Waals surface area contributed by atoms with Gasteiger partial charge < -0.3 is 15.5 Å². The Morgan fingerprint density at radius 1 is 1.17 bits per heavy atom. The van der Waals surface area contributed by atoms with E-state index in [9.17, 15) is 13.6 Å². The predicted octanol–water partition coefficient (Wildman–Crippen LogP) is 3.40. The molecule has 10 heteroatoms. The Labute approximate surface area is 176 Å². The number of alkyl halides is 2. The largest absolute Gasteiger partial charge is 0.435 e. The van der Waals surface area contributed by atoms with Crippen LogP contribution in [0.5, 0.6) is 5.75 Å². The van der Waals surface area contributed by atoms with Crippen molar-refractivity contribution in [2.24, 2.45) is 0 Å². The van der Waals surface area contributed by atoms with E-state index in [0.717, 1.165) is 5.56 Å². The minimum atomic E-state index is -2.89. The molecule has 0 aliphatic rings. The Bertz CT molecular complexity index is 983. The third kappa shape index (κ3) is 5.26. The molecule has 3 aromatic rings. The first-order valence-electron chi connectivity index (χ1n) is 9.06. The van der Waals surface area contributed by atoms with Gasteiger partial charge in [0.1, 0.15) is 5.75 Å². The van der Waals surface area contributed by atoms with Crippen LogP contribution in [0.3, 0.4) is 0 Å². The molecule has 1 aromatic heterocycles. The summed E-state index contributed by atoms with van der Waals surface area (Å²) in [5.74, 6) is 6.41. The van der Waals surface area contributed by atoms with Crippen molar-refractivity contribution in [3.8, 4) is 17.1 Å². The lowest BCUT2D eigenvalue weighted by Gasteiger charge is -2.21. The van der Waals surface area contributed by atoms with Crippen LogP contribution in [-0.4, -0.2) is 44.6 Å². The smallest absolute Gasteiger partial charge is 0.387 e. The summed E-state index contributed by atoms with van der Waals surface area (Å²) >= 11 is 1.19. The third-order valence-corrected chi connectivity index (χ3v) is 5.32. The molecule has 3 rings (SSSR count). The third-order valence-electron chi connectivity index (χ3n) is 4.27. The number of ether oxygens (including phenoxy) is 1. The topological polar surface area (TPSA) is 86.3 Å². The summed E-state index contributed by atoms with van der Waals surface area (Å²) in [6.45, 7) is -0.617. The van der Waals surface area contributed by atoms with E-state index in [1.54, 1.807) is 31.0 Å².